The van der Waals surface area contributed by atoms with Gasteiger partial charge in [0.05, 0.1) is 6.61 Å². The van der Waals surface area contributed by atoms with E-state index in [4.69, 9.17) is 5.73 Å². The summed E-state index contributed by atoms with van der Waals surface area (Å²) in [6.07, 6.45) is 4.24. The highest BCUT2D eigenvalue weighted by molar-refractivity contribution is 7.16. The number of carbonyl (C=O) groups is 1. The molecule has 0 aliphatic carbocycles. The molecule has 0 aromatic heterocycles. The van der Waals surface area contributed by atoms with Crippen LogP contribution in [-0.4, -0.2) is 24.8 Å². The lowest BCUT2D eigenvalue weighted by Crippen LogP contribution is -2.30. The maximum atomic E-state index is 10.8. The summed E-state index contributed by atoms with van der Waals surface area (Å²) >= 11 is 0. The molecule has 0 fully saturated rings. The number of nitrogens with two attached hydrogens (primary N) is 1. The van der Waals surface area contributed by atoms with E-state index in [-0.39, 0.29) is 5.97 Å². The van der Waals surface area contributed by atoms with Gasteiger partial charge in [-0.25, -0.2) is 0 Å². The van der Waals surface area contributed by atoms with Crippen molar-refractivity contribution in [2.24, 2.45) is 5.73 Å². The fraction of sp³-hybridized carbons (Fsp3) is 0.571. The van der Waals surface area contributed by atoms with Gasteiger partial charge in [0.15, 0.2) is 0 Å². The van der Waals surface area contributed by atoms with Gasteiger partial charge in [-0.05, 0) is 13.1 Å². The molecule has 0 amide bonds. The number of hydrogen-bond donors (Lipinski definition) is 1. The standard InChI is InChI=1S/C7H14NO2P/c1-2-10-7(9)6(8)4-3-5-11/h3-4,6H,2,5,8,11H2,1H3. The zero-order valence-corrected chi connectivity index (χ0v) is 7.77. The van der Waals surface area contributed by atoms with Crippen molar-refractivity contribution in [1.82, 2.24) is 0 Å². The molecule has 11 heavy (non-hydrogen) atoms. The molecule has 2 unspecified atom stereocenters. The molecular weight excluding hydrogens is 161 g/mol. The van der Waals surface area contributed by atoms with Crippen LogP contribution in [0.4, 0.5) is 0 Å². The fourth-order valence-corrected chi connectivity index (χ4v) is 0.699. The molecule has 64 valence electrons. The number of carbonyl (C=O) groups excluding carboxylic acids is 1. The summed E-state index contributed by atoms with van der Waals surface area (Å²) in [5.41, 5.74) is 5.42. The van der Waals surface area contributed by atoms with Gasteiger partial charge in [0.25, 0.3) is 0 Å². The van der Waals surface area contributed by atoms with Gasteiger partial charge >= 0.3 is 5.97 Å². The average Bonchev–Trinajstić information content (AvgIpc) is 2.00. The smallest absolute Gasteiger partial charge is 0.326 e. The minimum Gasteiger partial charge on any atom is -0.465 e. The quantitative estimate of drug-likeness (QED) is 0.380. The summed E-state index contributed by atoms with van der Waals surface area (Å²) in [6, 6.07) is -0.615. The van der Waals surface area contributed by atoms with Crippen molar-refractivity contribution in [2.75, 3.05) is 12.8 Å². The largest absolute Gasteiger partial charge is 0.465 e. The van der Waals surface area contributed by atoms with E-state index < -0.39 is 6.04 Å². The lowest BCUT2D eigenvalue weighted by atomic mass is 10.3. The Morgan fingerprint density at radius 2 is 2.45 bits per heavy atom. The van der Waals surface area contributed by atoms with Gasteiger partial charge in [-0.2, -0.15) is 0 Å². The summed E-state index contributed by atoms with van der Waals surface area (Å²) in [5, 5.41) is 0. The molecular formula is C7H14NO2P. The number of allylic oxidation sites excluding steroid dienone is 1. The van der Waals surface area contributed by atoms with Gasteiger partial charge < -0.3 is 10.5 Å². The Hall–Kier alpha value is -0.400. The molecule has 0 aliphatic rings. The summed E-state index contributed by atoms with van der Waals surface area (Å²) < 4.78 is 4.68. The zero-order chi connectivity index (χ0) is 8.69. The van der Waals surface area contributed by atoms with Crippen LogP contribution >= 0.6 is 9.24 Å². The zero-order valence-electron chi connectivity index (χ0n) is 6.62. The van der Waals surface area contributed by atoms with Gasteiger partial charge in [0, 0.05) is 0 Å². The molecule has 0 saturated carbocycles. The third-order valence-electron chi connectivity index (χ3n) is 1.04. The maximum absolute atomic E-state index is 10.8. The van der Waals surface area contributed by atoms with Crippen LogP contribution in [0.5, 0.6) is 0 Å². The minimum atomic E-state index is -0.615. The molecule has 0 saturated heterocycles. The Balaban J connectivity index is 3.72. The predicted octanol–water partition coefficient (Wildman–Crippen LogP) is 0.308. The average molecular weight is 175 g/mol. The van der Waals surface area contributed by atoms with E-state index in [1.165, 1.54) is 0 Å². The molecule has 2 N–H and O–H groups in total. The van der Waals surface area contributed by atoms with E-state index in [1.54, 1.807) is 13.0 Å². The molecule has 4 heteroatoms. The van der Waals surface area contributed by atoms with Crippen molar-refractivity contribution in [1.29, 1.82) is 0 Å². The van der Waals surface area contributed by atoms with Crippen molar-refractivity contribution in [3.63, 3.8) is 0 Å². The highest BCUT2D eigenvalue weighted by Gasteiger charge is 2.08. The minimum absolute atomic E-state index is 0.373. The third-order valence-corrected chi connectivity index (χ3v) is 1.31. The van der Waals surface area contributed by atoms with Gasteiger partial charge in [0.1, 0.15) is 6.04 Å². The predicted molar refractivity (Wildman–Crippen MR) is 48.3 cm³/mol. The van der Waals surface area contributed by atoms with Gasteiger partial charge in [-0.3, -0.25) is 4.79 Å². The van der Waals surface area contributed by atoms with Gasteiger partial charge in [0.2, 0.25) is 0 Å². The van der Waals surface area contributed by atoms with Gasteiger partial charge in [-0.1, -0.05) is 12.2 Å². The molecule has 0 bridgehead atoms. The Kier molecular flexibility index (Phi) is 6.09. The van der Waals surface area contributed by atoms with Crippen molar-refractivity contribution in [3.05, 3.63) is 12.2 Å². The van der Waals surface area contributed by atoms with E-state index >= 15 is 0 Å². The molecule has 0 rings (SSSR count). The molecule has 2 atom stereocenters. The second-order valence-corrected chi connectivity index (χ2v) is 2.41. The normalized spacial score (nSPS) is 13.4. The van der Waals surface area contributed by atoms with Crippen LogP contribution in [0.3, 0.4) is 0 Å². The first kappa shape index (κ1) is 10.6. The SMILES string of the molecule is CCOC(=O)C(N)C=CCP. The molecule has 0 spiro atoms. The maximum Gasteiger partial charge on any atom is 0.326 e. The Morgan fingerprint density at radius 1 is 1.82 bits per heavy atom. The first-order chi connectivity index (χ1) is 5.22. The Morgan fingerprint density at radius 3 is 2.91 bits per heavy atom. The van der Waals surface area contributed by atoms with Crippen LogP contribution in [0.15, 0.2) is 12.2 Å². The van der Waals surface area contributed by atoms with Crippen molar-refractivity contribution < 1.29 is 9.53 Å². The van der Waals surface area contributed by atoms with Crippen LogP contribution in [0.2, 0.25) is 0 Å². The molecule has 0 radical (unpaired) electrons. The molecule has 3 nitrogen and oxygen atoms in total. The fourth-order valence-electron chi connectivity index (χ4n) is 0.542. The molecule has 0 heterocycles. The van der Waals surface area contributed by atoms with Crippen LogP contribution < -0.4 is 5.73 Å². The molecule has 0 aromatic carbocycles. The van der Waals surface area contributed by atoms with Crippen LogP contribution in [0.1, 0.15) is 6.92 Å². The third kappa shape index (κ3) is 4.93. The monoisotopic (exact) mass is 175 g/mol. The number of esters is 1. The summed E-state index contributed by atoms with van der Waals surface area (Å²) in [7, 11) is 2.51. The number of hydrogen-bond acceptors (Lipinski definition) is 3. The van der Waals surface area contributed by atoms with Crippen molar-refractivity contribution >= 4 is 15.2 Å². The van der Waals surface area contributed by atoms with Crippen LogP contribution in [0, 0.1) is 0 Å². The molecule has 0 aliphatic heterocycles. The van der Waals surface area contributed by atoms with E-state index in [1.807, 2.05) is 6.08 Å². The van der Waals surface area contributed by atoms with E-state index in [0.717, 1.165) is 6.16 Å². The lowest BCUT2D eigenvalue weighted by Gasteiger charge is -2.04. The molecule has 0 aromatic rings. The van der Waals surface area contributed by atoms with Crippen molar-refractivity contribution in [2.45, 2.75) is 13.0 Å². The van der Waals surface area contributed by atoms with Crippen LogP contribution in [0.25, 0.3) is 0 Å². The lowest BCUT2D eigenvalue weighted by molar-refractivity contribution is -0.143. The topological polar surface area (TPSA) is 52.3 Å². The number of ether oxygens (including phenoxy) is 1. The Labute approximate surface area is 69.2 Å². The first-order valence-electron chi connectivity index (χ1n) is 3.51. The van der Waals surface area contributed by atoms with E-state index in [9.17, 15) is 4.79 Å². The summed E-state index contributed by atoms with van der Waals surface area (Å²) in [6.45, 7) is 2.13. The van der Waals surface area contributed by atoms with E-state index in [2.05, 4.69) is 14.0 Å². The summed E-state index contributed by atoms with van der Waals surface area (Å²) in [5.74, 6) is -0.373. The first-order valence-corrected chi connectivity index (χ1v) is 4.33. The van der Waals surface area contributed by atoms with Gasteiger partial charge in [-0.15, -0.1) is 9.24 Å². The van der Waals surface area contributed by atoms with Crippen LogP contribution in [-0.2, 0) is 9.53 Å². The summed E-state index contributed by atoms with van der Waals surface area (Å²) in [4.78, 5) is 10.8. The second-order valence-electron chi connectivity index (χ2n) is 1.94. The number of rotatable bonds is 4. The highest BCUT2D eigenvalue weighted by Crippen LogP contribution is 1.89. The van der Waals surface area contributed by atoms with Crippen molar-refractivity contribution in [3.8, 4) is 0 Å². The second kappa shape index (κ2) is 6.32. The van der Waals surface area contributed by atoms with E-state index in [0.29, 0.717) is 6.61 Å². The highest BCUT2D eigenvalue weighted by atomic mass is 31.0. The Bertz CT molecular complexity index is 147.